The molecule has 1 N–H and O–H groups in total. The second-order valence-electron chi connectivity index (χ2n) is 4.47. The lowest BCUT2D eigenvalue weighted by atomic mass is 10.0. The monoisotopic (exact) mass is 237 g/mol. The van der Waals surface area contributed by atoms with Crippen LogP contribution in [0.3, 0.4) is 0 Å². The molecular formula is C14H23NS. The third-order valence-electron chi connectivity index (χ3n) is 2.72. The number of hydrogen-bond acceptors (Lipinski definition) is 2. The lowest BCUT2D eigenvalue weighted by Gasteiger charge is -2.18. The van der Waals surface area contributed by atoms with Crippen molar-refractivity contribution in [3.63, 3.8) is 0 Å². The minimum Gasteiger partial charge on any atom is -0.309 e. The maximum atomic E-state index is 3.99. The summed E-state index contributed by atoms with van der Waals surface area (Å²) >= 11 is 1.87. The van der Waals surface area contributed by atoms with Crippen LogP contribution in [0.1, 0.15) is 49.6 Å². The minimum atomic E-state index is 0.511. The number of allylic oxidation sites excluding steroid dienone is 1. The molecule has 0 aromatic carbocycles. The van der Waals surface area contributed by atoms with Crippen LogP contribution < -0.4 is 5.32 Å². The van der Waals surface area contributed by atoms with Gasteiger partial charge < -0.3 is 5.32 Å². The van der Waals surface area contributed by atoms with Gasteiger partial charge in [0.25, 0.3) is 0 Å². The Kier molecular flexibility index (Phi) is 5.78. The molecule has 0 saturated carbocycles. The maximum absolute atomic E-state index is 3.99. The van der Waals surface area contributed by atoms with E-state index in [0.717, 1.165) is 19.4 Å². The van der Waals surface area contributed by atoms with Gasteiger partial charge in [-0.05, 0) is 56.7 Å². The molecule has 0 amide bonds. The fraction of sp³-hybridized carbons (Fsp3) is 0.571. The Balaban J connectivity index is 2.63. The Morgan fingerprint density at radius 3 is 2.81 bits per heavy atom. The summed E-state index contributed by atoms with van der Waals surface area (Å²) in [5.74, 6) is 0. The van der Waals surface area contributed by atoms with E-state index in [2.05, 4.69) is 44.1 Å². The summed E-state index contributed by atoms with van der Waals surface area (Å²) < 4.78 is 0. The summed E-state index contributed by atoms with van der Waals surface area (Å²) in [6.45, 7) is 11.6. The van der Waals surface area contributed by atoms with Crippen molar-refractivity contribution in [3.8, 4) is 0 Å². The van der Waals surface area contributed by atoms with E-state index in [-0.39, 0.29) is 0 Å². The van der Waals surface area contributed by atoms with Gasteiger partial charge in [-0.3, -0.25) is 0 Å². The van der Waals surface area contributed by atoms with E-state index in [1.165, 1.54) is 22.4 Å². The first-order valence-electron chi connectivity index (χ1n) is 6.07. The Morgan fingerprint density at radius 2 is 2.31 bits per heavy atom. The molecule has 0 fully saturated rings. The van der Waals surface area contributed by atoms with Crippen molar-refractivity contribution in [3.05, 3.63) is 34.0 Å². The van der Waals surface area contributed by atoms with Crippen molar-refractivity contribution in [1.29, 1.82) is 0 Å². The van der Waals surface area contributed by atoms with Crippen LogP contribution in [0.15, 0.2) is 23.6 Å². The zero-order valence-electron chi connectivity index (χ0n) is 10.7. The zero-order valence-corrected chi connectivity index (χ0v) is 11.5. The zero-order chi connectivity index (χ0) is 12.0. The van der Waals surface area contributed by atoms with E-state index in [1.54, 1.807) is 0 Å². The Bertz CT molecular complexity index is 327. The Morgan fingerprint density at radius 1 is 1.56 bits per heavy atom. The highest BCUT2D eigenvalue weighted by atomic mass is 32.1. The van der Waals surface area contributed by atoms with Crippen LogP contribution in [0.2, 0.25) is 0 Å². The first-order valence-corrected chi connectivity index (χ1v) is 6.94. The van der Waals surface area contributed by atoms with E-state index >= 15 is 0 Å². The van der Waals surface area contributed by atoms with Crippen molar-refractivity contribution in [1.82, 2.24) is 5.32 Å². The molecule has 16 heavy (non-hydrogen) atoms. The van der Waals surface area contributed by atoms with Crippen LogP contribution in [0.5, 0.6) is 0 Å². The fourth-order valence-corrected chi connectivity index (χ4v) is 2.81. The van der Waals surface area contributed by atoms with E-state index in [1.807, 2.05) is 11.3 Å². The molecule has 0 bridgehead atoms. The highest BCUT2D eigenvalue weighted by Crippen LogP contribution is 2.28. The number of thiophene rings is 1. The number of hydrogen-bond donors (Lipinski definition) is 1. The topological polar surface area (TPSA) is 12.0 Å². The number of rotatable bonds is 7. The SMILES string of the molecule is C=C(C)CCC(NCCC)c1sccc1C. The van der Waals surface area contributed by atoms with Crippen molar-refractivity contribution in [2.24, 2.45) is 0 Å². The third-order valence-corrected chi connectivity index (χ3v) is 3.85. The van der Waals surface area contributed by atoms with Gasteiger partial charge in [0, 0.05) is 10.9 Å². The van der Waals surface area contributed by atoms with Gasteiger partial charge >= 0.3 is 0 Å². The second-order valence-corrected chi connectivity index (χ2v) is 5.42. The van der Waals surface area contributed by atoms with Gasteiger partial charge in [0.05, 0.1) is 0 Å². The number of nitrogens with one attached hydrogen (secondary N) is 1. The van der Waals surface area contributed by atoms with Crippen LogP contribution in [-0.2, 0) is 0 Å². The molecule has 1 aromatic rings. The van der Waals surface area contributed by atoms with E-state index in [9.17, 15) is 0 Å². The molecule has 0 saturated heterocycles. The third kappa shape index (κ3) is 4.11. The molecule has 1 nitrogen and oxygen atoms in total. The van der Waals surface area contributed by atoms with E-state index < -0.39 is 0 Å². The first-order chi connectivity index (χ1) is 7.65. The average Bonchev–Trinajstić information content (AvgIpc) is 2.65. The molecule has 1 aromatic heterocycles. The summed E-state index contributed by atoms with van der Waals surface area (Å²) in [5, 5.41) is 5.82. The Hall–Kier alpha value is -0.600. The molecule has 0 radical (unpaired) electrons. The average molecular weight is 237 g/mol. The van der Waals surface area contributed by atoms with Gasteiger partial charge in [-0.1, -0.05) is 12.5 Å². The highest BCUT2D eigenvalue weighted by Gasteiger charge is 2.13. The van der Waals surface area contributed by atoms with E-state index in [0.29, 0.717) is 6.04 Å². The molecule has 0 aliphatic carbocycles. The lowest BCUT2D eigenvalue weighted by Crippen LogP contribution is -2.21. The normalized spacial score (nSPS) is 12.7. The van der Waals surface area contributed by atoms with Crippen molar-refractivity contribution in [2.45, 2.75) is 46.1 Å². The van der Waals surface area contributed by atoms with Gasteiger partial charge in [0.15, 0.2) is 0 Å². The van der Waals surface area contributed by atoms with E-state index in [4.69, 9.17) is 0 Å². The molecular weight excluding hydrogens is 214 g/mol. The molecule has 1 unspecified atom stereocenters. The molecule has 1 heterocycles. The standard InChI is InChI=1S/C14H23NS/c1-5-9-15-13(7-6-11(2)3)14-12(4)8-10-16-14/h8,10,13,15H,2,5-7,9H2,1,3-4H3. The van der Waals surface area contributed by atoms with Crippen molar-refractivity contribution in [2.75, 3.05) is 6.54 Å². The van der Waals surface area contributed by atoms with Gasteiger partial charge in [-0.2, -0.15) is 0 Å². The summed E-state index contributed by atoms with van der Waals surface area (Å²) in [7, 11) is 0. The first kappa shape index (κ1) is 13.5. The summed E-state index contributed by atoms with van der Waals surface area (Å²) in [6.07, 6.45) is 3.46. The molecule has 0 aliphatic heterocycles. The van der Waals surface area contributed by atoms with Crippen LogP contribution in [0, 0.1) is 6.92 Å². The van der Waals surface area contributed by atoms with Crippen molar-refractivity contribution < 1.29 is 0 Å². The van der Waals surface area contributed by atoms with Gasteiger partial charge in [-0.15, -0.1) is 17.9 Å². The molecule has 0 spiro atoms. The summed E-state index contributed by atoms with van der Waals surface area (Å²) in [5.41, 5.74) is 2.69. The second kappa shape index (κ2) is 6.87. The van der Waals surface area contributed by atoms with Crippen LogP contribution in [0.4, 0.5) is 0 Å². The lowest BCUT2D eigenvalue weighted by molar-refractivity contribution is 0.504. The minimum absolute atomic E-state index is 0.511. The summed E-state index contributed by atoms with van der Waals surface area (Å²) in [4.78, 5) is 1.50. The molecule has 1 atom stereocenters. The quantitative estimate of drug-likeness (QED) is 0.691. The number of aryl methyl sites for hydroxylation is 1. The van der Waals surface area contributed by atoms with Gasteiger partial charge in [0.1, 0.15) is 0 Å². The van der Waals surface area contributed by atoms with Crippen LogP contribution in [0.25, 0.3) is 0 Å². The predicted molar refractivity (Wildman–Crippen MR) is 74.1 cm³/mol. The maximum Gasteiger partial charge on any atom is 0.0420 e. The van der Waals surface area contributed by atoms with Crippen molar-refractivity contribution >= 4 is 11.3 Å². The molecule has 2 heteroatoms. The van der Waals surface area contributed by atoms with Crippen LogP contribution in [-0.4, -0.2) is 6.54 Å². The summed E-state index contributed by atoms with van der Waals surface area (Å²) in [6, 6.07) is 2.72. The molecule has 90 valence electrons. The highest BCUT2D eigenvalue weighted by molar-refractivity contribution is 7.10. The van der Waals surface area contributed by atoms with Gasteiger partial charge in [-0.25, -0.2) is 0 Å². The Labute approximate surface area is 104 Å². The fourth-order valence-electron chi connectivity index (χ4n) is 1.78. The van der Waals surface area contributed by atoms with Gasteiger partial charge in [0.2, 0.25) is 0 Å². The largest absolute Gasteiger partial charge is 0.309 e. The predicted octanol–water partition coefficient (Wildman–Crippen LogP) is 4.45. The smallest absolute Gasteiger partial charge is 0.0420 e. The van der Waals surface area contributed by atoms with Crippen LogP contribution >= 0.6 is 11.3 Å². The molecule has 0 aliphatic rings. The molecule has 1 rings (SSSR count).